The van der Waals surface area contributed by atoms with E-state index in [2.05, 4.69) is 34.6 Å². The Bertz CT molecular complexity index is 910. The fraction of sp³-hybridized carbons (Fsp3) is 0.381. The molecule has 4 rings (SSSR count). The molecule has 6 nitrogen and oxygen atoms in total. The van der Waals surface area contributed by atoms with E-state index in [4.69, 9.17) is 4.42 Å². The zero-order chi connectivity index (χ0) is 20.1. The minimum absolute atomic E-state index is 0.151. The third-order valence-corrected chi connectivity index (χ3v) is 7.03. The van der Waals surface area contributed by atoms with Crippen LogP contribution in [0.3, 0.4) is 0 Å². The molecule has 1 unspecified atom stereocenters. The van der Waals surface area contributed by atoms with Crippen molar-refractivity contribution in [1.82, 2.24) is 15.1 Å². The van der Waals surface area contributed by atoms with Crippen molar-refractivity contribution in [2.45, 2.75) is 43.2 Å². The Morgan fingerprint density at radius 2 is 2.10 bits per heavy atom. The number of thioether (sulfide) groups is 1. The third kappa shape index (κ3) is 5.61. The fourth-order valence-corrected chi connectivity index (χ4v) is 4.83. The van der Waals surface area contributed by atoms with E-state index in [0.29, 0.717) is 24.8 Å². The molecule has 0 bridgehead atoms. The summed E-state index contributed by atoms with van der Waals surface area (Å²) in [6, 6.07) is 14.2. The second-order valence-electron chi connectivity index (χ2n) is 7.18. The Balaban J connectivity index is 1.32. The maximum Gasteiger partial charge on any atom is 0.233 e. The van der Waals surface area contributed by atoms with Gasteiger partial charge in [-0.25, -0.2) is 0 Å². The van der Waals surface area contributed by atoms with E-state index in [1.165, 1.54) is 41.5 Å². The molecule has 0 spiro atoms. The number of benzene rings is 1. The van der Waals surface area contributed by atoms with Crippen LogP contribution in [-0.2, 0) is 17.9 Å². The normalized spacial score (nSPS) is 14.5. The summed E-state index contributed by atoms with van der Waals surface area (Å²) in [5.41, 5.74) is 1.17. The Kier molecular flexibility index (Phi) is 6.51. The number of amides is 1. The lowest BCUT2D eigenvalue weighted by Crippen LogP contribution is -2.40. The molecule has 1 aliphatic carbocycles. The van der Waals surface area contributed by atoms with E-state index in [1.807, 2.05) is 35.2 Å². The van der Waals surface area contributed by atoms with Gasteiger partial charge in [-0.2, -0.15) is 0 Å². The maximum absolute atomic E-state index is 13.0. The quantitative estimate of drug-likeness (QED) is 0.474. The number of nitrogens with one attached hydrogen (secondary N) is 1. The molecule has 152 valence electrons. The molecule has 1 fully saturated rings. The van der Waals surface area contributed by atoms with Gasteiger partial charge in [0.2, 0.25) is 11.0 Å². The van der Waals surface area contributed by atoms with Crippen molar-refractivity contribution < 1.29 is 9.21 Å². The first-order valence-corrected chi connectivity index (χ1v) is 11.5. The molecule has 8 heteroatoms. The maximum atomic E-state index is 13.0. The van der Waals surface area contributed by atoms with Crippen molar-refractivity contribution in [3.63, 3.8) is 0 Å². The molecule has 1 aromatic carbocycles. The zero-order valence-corrected chi connectivity index (χ0v) is 17.9. The molecule has 1 aliphatic rings. The van der Waals surface area contributed by atoms with Crippen molar-refractivity contribution in [3.8, 4) is 0 Å². The minimum atomic E-state index is 0.151. The average molecular weight is 429 g/mol. The van der Waals surface area contributed by atoms with Gasteiger partial charge in [-0.3, -0.25) is 4.79 Å². The summed E-state index contributed by atoms with van der Waals surface area (Å²) in [5, 5.41) is 12.3. The number of nitrogens with zero attached hydrogens (tertiary/aromatic N) is 3. The van der Waals surface area contributed by atoms with Gasteiger partial charge in [-0.15, -0.1) is 10.2 Å². The van der Waals surface area contributed by atoms with Gasteiger partial charge >= 0.3 is 0 Å². The van der Waals surface area contributed by atoms with Crippen LogP contribution in [0.1, 0.15) is 31.1 Å². The summed E-state index contributed by atoms with van der Waals surface area (Å²) < 4.78 is 6.09. The van der Waals surface area contributed by atoms with E-state index in [-0.39, 0.29) is 11.9 Å². The van der Waals surface area contributed by atoms with E-state index in [9.17, 15) is 4.79 Å². The van der Waals surface area contributed by atoms with Crippen LogP contribution in [0.2, 0.25) is 0 Å². The lowest BCUT2D eigenvalue weighted by molar-refractivity contribution is -0.131. The smallest absolute Gasteiger partial charge is 0.233 e. The molecule has 1 atom stereocenters. The molecule has 3 aromatic rings. The van der Waals surface area contributed by atoms with Gasteiger partial charge in [-0.1, -0.05) is 53.4 Å². The summed E-state index contributed by atoms with van der Waals surface area (Å²) in [6.07, 6.45) is 4.08. The average Bonchev–Trinajstić information content (AvgIpc) is 3.27. The Labute approximate surface area is 178 Å². The molecule has 1 N–H and O–H groups in total. The molecule has 29 heavy (non-hydrogen) atoms. The molecule has 2 aromatic heterocycles. The largest absolute Gasteiger partial charge is 0.467 e. The summed E-state index contributed by atoms with van der Waals surface area (Å²) in [4.78, 5) is 15.0. The highest BCUT2D eigenvalue weighted by atomic mass is 32.2. The number of anilines is 1. The van der Waals surface area contributed by atoms with Crippen molar-refractivity contribution in [2.75, 3.05) is 11.1 Å². The van der Waals surface area contributed by atoms with Crippen LogP contribution in [0.15, 0.2) is 57.5 Å². The molecule has 1 amide bonds. The number of aromatic nitrogens is 2. The molecule has 2 heterocycles. The van der Waals surface area contributed by atoms with Crippen LogP contribution in [-0.4, -0.2) is 32.8 Å². The van der Waals surface area contributed by atoms with Crippen molar-refractivity contribution in [2.24, 2.45) is 5.92 Å². The summed E-state index contributed by atoms with van der Waals surface area (Å²) in [5.74, 6) is 2.00. The summed E-state index contributed by atoms with van der Waals surface area (Å²) >= 11 is 2.91. The lowest BCUT2D eigenvalue weighted by atomic mass is 10.1. The minimum Gasteiger partial charge on any atom is -0.467 e. The van der Waals surface area contributed by atoms with Crippen LogP contribution in [0.4, 0.5) is 5.13 Å². The molecule has 0 radical (unpaired) electrons. The van der Waals surface area contributed by atoms with E-state index >= 15 is 0 Å². The van der Waals surface area contributed by atoms with Crippen LogP contribution >= 0.6 is 23.1 Å². The highest BCUT2D eigenvalue weighted by Crippen LogP contribution is 2.36. The first-order valence-electron chi connectivity index (χ1n) is 9.75. The van der Waals surface area contributed by atoms with Crippen molar-refractivity contribution in [1.29, 1.82) is 0 Å². The van der Waals surface area contributed by atoms with Crippen LogP contribution in [0, 0.1) is 5.92 Å². The Morgan fingerprint density at radius 3 is 2.83 bits per heavy atom. The monoisotopic (exact) mass is 428 g/mol. The standard InChI is InChI=1S/C21H24N4O2S2/c1-15(17-9-10-17)25(13-16-6-3-2-4-7-16)19(26)14-28-21-24-23-20(29-21)22-12-18-8-5-11-27-18/h2-8,11,15,17H,9-10,12-14H2,1H3,(H,22,23). The third-order valence-electron chi connectivity index (χ3n) is 5.03. The van der Waals surface area contributed by atoms with Gasteiger partial charge in [0.25, 0.3) is 0 Å². The van der Waals surface area contributed by atoms with E-state index < -0.39 is 0 Å². The number of furan rings is 1. The van der Waals surface area contributed by atoms with Crippen LogP contribution in [0.25, 0.3) is 0 Å². The van der Waals surface area contributed by atoms with Gasteiger partial charge in [-0.05, 0) is 43.4 Å². The topological polar surface area (TPSA) is 71.3 Å². The number of carbonyl (C=O) groups excluding carboxylic acids is 1. The molecular weight excluding hydrogens is 404 g/mol. The van der Waals surface area contributed by atoms with Gasteiger partial charge in [0, 0.05) is 12.6 Å². The number of carbonyl (C=O) groups is 1. The van der Waals surface area contributed by atoms with Gasteiger partial charge in [0.1, 0.15) is 5.76 Å². The van der Waals surface area contributed by atoms with Crippen LogP contribution in [0.5, 0.6) is 0 Å². The highest BCUT2D eigenvalue weighted by Gasteiger charge is 2.34. The van der Waals surface area contributed by atoms with E-state index in [0.717, 1.165) is 15.2 Å². The van der Waals surface area contributed by atoms with Gasteiger partial charge in [0.05, 0.1) is 18.6 Å². The first kappa shape index (κ1) is 20.0. The number of hydrogen-bond acceptors (Lipinski definition) is 7. The van der Waals surface area contributed by atoms with E-state index in [1.54, 1.807) is 6.26 Å². The number of hydrogen-bond donors (Lipinski definition) is 1. The Hall–Kier alpha value is -2.32. The lowest BCUT2D eigenvalue weighted by Gasteiger charge is -2.29. The SMILES string of the molecule is CC(C1CC1)N(Cc1ccccc1)C(=O)CSc1nnc(NCc2ccco2)s1. The molecule has 1 saturated carbocycles. The van der Waals surface area contributed by atoms with Crippen molar-refractivity contribution >= 4 is 34.1 Å². The predicted octanol–water partition coefficient (Wildman–Crippen LogP) is 4.66. The zero-order valence-electron chi connectivity index (χ0n) is 16.3. The summed E-state index contributed by atoms with van der Waals surface area (Å²) in [6.45, 7) is 3.39. The van der Waals surface area contributed by atoms with Gasteiger partial charge < -0.3 is 14.6 Å². The Morgan fingerprint density at radius 1 is 1.28 bits per heavy atom. The first-order chi connectivity index (χ1) is 14.2. The molecule has 0 aliphatic heterocycles. The second kappa shape index (κ2) is 9.45. The second-order valence-corrected chi connectivity index (χ2v) is 9.38. The number of rotatable bonds is 10. The van der Waals surface area contributed by atoms with Crippen LogP contribution < -0.4 is 5.32 Å². The van der Waals surface area contributed by atoms with Crippen molar-refractivity contribution in [3.05, 3.63) is 60.1 Å². The van der Waals surface area contributed by atoms with Gasteiger partial charge in [0.15, 0.2) is 4.34 Å². The molecule has 0 saturated heterocycles. The predicted molar refractivity (Wildman–Crippen MR) is 116 cm³/mol. The summed E-state index contributed by atoms with van der Waals surface area (Å²) in [7, 11) is 0. The fourth-order valence-electron chi connectivity index (χ4n) is 3.19. The highest BCUT2D eigenvalue weighted by molar-refractivity contribution is 8.01. The molecular formula is C21H24N4O2S2.